The molecule has 0 atom stereocenters. The minimum absolute atomic E-state index is 0.0130. The third-order valence-corrected chi connectivity index (χ3v) is 3.99. The van der Waals surface area contributed by atoms with Crippen LogP contribution in [0.2, 0.25) is 0 Å². The number of nitrogens with one attached hydrogen (secondary N) is 1. The van der Waals surface area contributed by atoms with E-state index >= 15 is 0 Å². The largest absolute Gasteiger partial charge is 0.325 e. The molecule has 110 valence electrons. The maximum Gasteiger partial charge on any atom is 0.269 e. The fourth-order valence-corrected chi connectivity index (χ4v) is 2.96. The summed E-state index contributed by atoms with van der Waals surface area (Å²) in [7, 11) is 0. The number of fused-ring (bicyclic) bond motifs is 1. The summed E-state index contributed by atoms with van der Waals surface area (Å²) in [5.41, 5.74) is 2.83. The van der Waals surface area contributed by atoms with E-state index in [0.29, 0.717) is 11.1 Å². The number of aromatic nitrogens is 1. The molecule has 0 aliphatic heterocycles. The van der Waals surface area contributed by atoms with Crippen LogP contribution in [0.1, 0.15) is 29.7 Å². The summed E-state index contributed by atoms with van der Waals surface area (Å²) in [4.78, 5) is 25.2. The second-order valence-electron chi connectivity index (χ2n) is 5.28. The summed E-state index contributed by atoms with van der Waals surface area (Å²) < 4.78 is 0. The number of aromatic amines is 1. The zero-order chi connectivity index (χ0) is 15.7. The molecule has 22 heavy (non-hydrogen) atoms. The molecule has 1 heterocycles. The molecule has 3 rings (SSSR count). The summed E-state index contributed by atoms with van der Waals surface area (Å²) in [6, 6.07) is 7.96. The molecular weight excluding hydrogens is 282 g/mol. The Labute approximate surface area is 126 Å². The zero-order valence-electron chi connectivity index (χ0n) is 11.8. The van der Waals surface area contributed by atoms with Gasteiger partial charge in [0.1, 0.15) is 11.6 Å². The van der Waals surface area contributed by atoms with Gasteiger partial charge in [-0.15, -0.1) is 0 Å². The van der Waals surface area contributed by atoms with E-state index in [1.807, 2.05) is 6.07 Å². The van der Waals surface area contributed by atoms with Gasteiger partial charge in [0, 0.05) is 23.4 Å². The third kappa shape index (κ3) is 2.27. The molecule has 0 bridgehead atoms. The van der Waals surface area contributed by atoms with Gasteiger partial charge < -0.3 is 4.98 Å². The van der Waals surface area contributed by atoms with Crippen molar-refractivity contribution in [3.05, 3.63) is 61.6 Å². The Bertz CT molecular complexity index is 845. The van der Waals surface area contributed by atoms with Crippen molar-refractivity contribution in [3.8, 4) is 17.2 Å². The number of hydrogen-bond donors (Lipinski definition) is 1. The van der Waals surface area contributed by atoms with E-state index in [1.54, 1.807) is 12.1 Å². The van der Waals surface area contributed by atoms with Crippen molar-refractivity contribution in [3.63, 3.8) is 0 Å². The molecular formula is C16H13N3O3. The predicted octanol–water partition coefficient (Wildman–Crippen LogP) is 2.70. The standard InChI is InChI=1S/C16H13N3O3/c17-9-13-15(10-5-7-11(8-6-10)19(21)22)12-3-1-2-4-14(12)18-16(13)20/h5-8H,1-4H2,(H,18,20). The van der Waals surface area contributed by atoms with Gasteiger partial charge in [0.2, 0.25) is 0 Å². The van der Waals surface area contributed by atoms with Crippen LogP contribution in [0.4, 0.5) is 5.69 Å². The first-order valence-electron chi connectivity index (χ1n) is 7.04. The molecule has 6 nitrogen and oxygen atoms in total. The molecule has 6 heteroatoms. The first-order valence-corrected chi connectivity index (χ1v) is 7.04. The summed E-state index contributed by atoms with van der Waals surface area (Å²) in [6.07, 6.45) is 3.60. The smallest absolute Gasteiger partial charge is 0.269 e. The van der Waals surface area contributed by atoms with Crippen molar-refractivity contribution in [2.45, 2.75) is 25.7 Å². The van der Waals surface area contributed by atoms with E-state index in [-0.39, 0.29) is 11.3 Å². The van der Waals surface area contributed by atoms with E-state index in [9.17, 15) is 20.2 Å². The van der Waals surface area contributed by atoms with Gasteiger partial charge in [-0.25, -0.2) is 0 Å². The molecule has 1 aliphatic carbocycles. The number of rotatable bonds is 2. The lowest BCUT2D eigenvalue weighted by Crippen LogP contribution is -2.20. The number of nitrogens with zero attached hydrogens (tertiary/aromatic N) is 2. The van der Waals surface area contributed by atoms with Gasteiger partial charge in [0.25, 0.3) is 11.2 Å². The van der Waals surface area contributed by atoms with Crippen LogP contribution in [0, 0.1) is 21.4 Å². The highest BCUT2D eigenvalue weighted by molar-refractivity contribution is 5.75. The zero-order valence-corrected chi connectivity index (χ0v) is 11.8. The van der Waals surface area contributed by atoms with E-state index in [4.69, 9.17) is 0 Å². The van der Waals surface area contributed by atoms with Gasteiger partial charge in [-0.3, -0.25) is 14.9 Å². The van der Waals surface area contributed by atoms with Crippen molar-refractivity contribution in [2.24, 2.45) is 0 Å². The van der Waals surface area contributed by atoms with Crippen molar-refractivity contribution in [2.75, 3.05) is 0 Å². The Morgan fingerprint density at radius 3 is 2.50 bits per heavy atom. The highest BCUT2D eigenvalue weighted by Crippen LogP contribution is 2.32. The Morgan fingerprint density at radius 2 is 1.86 bits per heavy atom. The van der Waals surface area contributed by atoms with Gasteiger partial charge in [-0.1, -0.05) is 0 Å². The SMILES string of the molecule is N#Cc1c(-c2ccc([N+](=O)[O-])cc2)c2c([nH]c1=O)CCCC2. The highest BCUT2D eigenvalue weighted by atomic mass is 16.6. The topological polar surface area (TPSA) is 99.8 Å². The van der Waals surface area contributed by atoms with Crippen LogP contribution in [0.25, 0.3) is 11.1 Å². The van der Waals surface area contributed by atoms with Gasteiger partial charge in [-0.05, 0) is 48.9 Å². The Morgan fingerprint density at radius 1 is 1.18 bits per heavy atom. The molecule has 1 aromatic heterocycles. The van der Waals surface area contributed by atoms with Crippen LogP contribution in [-0.4, -0.2) is 9.91 Å². The summed E-state index contributed by atoms with van der Waals surface area (Å²) in [5.74, 6) is 0. The number of H-pyrrole nitrogens is 1. The quantitative estimate of drug-likeness (QED) is 0.680. The number of aryl methyl sites for hydroxylation is 1. The fourth-order valence-electron chi connectivity index (χ4n) is 2.96. The third-order valence-electron chi connectivity index (χ3n) is 3.99. The van der Waals surface area contributed by atoms with Crippen molar-refractivity contribution in [1.29, 1.82) is 5.26 Å². The van der Waals surface area contributed by atoms with Gasteiger partial charge in [0.15, 0.2) is 0 Å². The summed E-state index contributed by atoms with van der Waals surface area (Å²) in [6.45, 7) is 0. The number of nitro groups is 1. The van der Waals surface area contributed by atoms with E-state index in [2.05, 4.69) is 4.98 Å². The molecule has 2 aromatic rings. The van der Waals surface area contributed by atoms with Crippen LogP contribution >= 0.6 is 0 Å². The number of hydrogen-bond acceptors (Lipinski definition) is 4. The number of nitriles is 1. The van der Waals surface area contributed by atoms with E-state index in [0.717, 1.165) is 36.9 Å². The summed E-state index contributed by atoms with van der Waals surface area (Å²) >= 11 is 0. The molecule has 0 saturated carbocycles. The minimum atomic E-state index is -0.470. The van der Waals surface area contributed by atoms with E-state index < -0.39 is 10.5 Å². The van der Waals surface area contributed by atoms with Crippen molar-refractivity contribution >= 4 is 5.69 Å². The van der Waals surface area contributed by atoms with Gasteiger partial charge in [0.05, 0.1) is 4.92 Å². The number of nitro benzene ring substituents is 1. The molecule has 0 unspecified atom stereocenters. The first kappa shape index (κ1) is 14.0. The number of pyridine rings is 1. The molecule has 1 N–H and O–H groups in total. The first-order chi connectivity index (χ1) is 10.6. The maximum atomic E-state index is 12.1. The van der Waals surface area contributed by atoms with Crippen LogP contribution < -0.4 is 5.56 Å². The molecule has 0 radical (unpaired) electrons. The molecule has 0 amide bonds. The molecule has 0 spiro atoms. The van der Waals surface area contributed by atoms with Gasteiger partial charge >= 0.3 is 0 Å². The maximum absolute atomic E-state index is 12.1. The monoisotopic (exact) mass is 295 g/mol. The second kappa shape index (κ2) is 5.45. The molecule has 0 fully saturated rings. The van der Waals surface area contributed by atoms with Crippen molar-refractivity contribution < 1.29 is 4.92 Å². The van der Waals surface area contributed by atoms with Crippen LogP contribution in [0.5, 0.6) is 0 Å². The normalized spacial score (nSPS) is 13.2. The Balaban J connectivity index is 2.25. The second-order valence-corrected chi connectivity index (χ2v) is 5.28. The van der Waals surface area contributed by atoms with E-state index in [1.165, 1.54) is 12.1 Å². The number of benzene rings is 1. The highest BCUT2D eigenvalue weighted by Gasteiger charge is 2.21. The molecule has 0 saturated heterocycles. The molecule has 1 aliphatic rings. The van der Waals surface area contributed by atoms with Gasteiger partial charge in [-0.2, -0.15) is 5.26 Å². The average Bonchev–Trinajstić information content (AvgIpc) is 2.53. The lowest BCUT2D eigenvalue weighted by Gasteiger charge is -2.20. The molecule has 1 aromatic carbocycles. The van der Waals surface area contributed by atoms with Crippen LogP contribution in [-0.2, 0) is 12.8 Å². The summed E-state index contributed by atoms with van der Waals surface area (Å²) in [5, 5.41) is 20.1. The Kier molecular flexibility index (Phi) is 3.47. The lowest BCUT2D eigenvalue weighted by molar-refractivity contribution is -0.384. The minimum Gasteiger partial charge on any atom is -0.325 e. The van der Waals surface area contributed by atoms with Crippen LogP contribution in [0.3, 0.4) is 0 Å². The average molecular weight is 295 g/mol. The number of non-ortho nitro benzene ring substituents is 1. The van der Waals surface area contributed by atoms with Crippen LogP contribution in [0.15, 0.2) is 29.1 Å². The predicted molar refractivity (Wildman–Crippen MR) is 80.5 cm³/mol. The Hall–Kier alpha value is -2.94. The fraction of sp³-hybridized carbons (Fsp3) is 0.250. The van der Waals surface area contributed by atoms with Crippen molar-refractivity contribution in [1.82, 2.24) is 4.98 Å². The lowest BCUT2D eigenvalue weighted by atomic mass is 9.87.